The molecule has 0 N–H and O–H groups in total. The molecule has 0 saturated carbocycles. The predicted octanol–water partition coefficient (Wildman–Crippen LogP) is 2.83. The van der Waals surface area contributed by atoms with Crippen LogP contribution in [0.25, 0.3) is 9.88 Å². The van der Waals surface area contributed by atoms with Crippen LogP contribution < -0.4 is 0 Å². The Bertz CT molecular complexity index is 623. The van der Waals surface area contributed by atoms with Gasteiger partial charge in [-0.2, -0.15) is 0 Å². The van der Waals surface area contributed by atoms with E-state index in [4.69, 9.17) is 4.74 Å². The van der Waals surface area contributed by atoms with Crippen molar-refractivity contribution in [1.29, 1.82) is 0 Å². The number of likely N-dealkylation sites (N-methyl/N-ethyl adjacent to an activating group) is 1. The molecule has 0 radical (unpaired) electrons. The van der Waals surface area contributed by atoms with Gasteiger partial charge in [-0.3, -0.25) is 9.59 Å². The molecule has 0 aliphatic heterocycles. The number of rotatable bonds is 7. The molecule has 0 unspecified atom stereocenters. The van der Waals surface area contributed by atoms with Crippen LogP contribution in [-0.2, 0) is 20.7 Å². The van der Waals surface area contributed by atoms with Gasteiger partial charge in [0.1, 0.15) is 11.6 Å². The number of aromatic nitrogens is 1. The molecular formula is C15H18N2O3S2. The highest BCUT2D eigenvalue weighted by Crippen LogP contribution is 2.27. The van der Waals surface area contributed by atoms with E-state index in [1.54, 1.807) is 18.3 Å². The molecule has 5 nitrogen and oxygen atoms in total. The molecule has 2 aromatic rings. The number of thiazole rings is 1. The average Bonchev–Trinajstić information content (AvgIpc) is 3.15. The third kappa shape index (κ3) is 4.38. The van der Waals surface area contributed by atoms with E-state index in [9.17, 15) is 9.59 Å². The van der Waals surface area contributed by atoms with Gasteiger partial charge in [0.2, 0.25) is 5.91 Å². The maximum absolute atomic E-state index is 12.3. The Kier molecular flexibility index (Phi) is 6.09. The first-order valence-corrected chi connectivity index (χ1v) is 8.81. The normalized spacial score (nSPS) is 10.5. The van der Waals surface area contributed by atoms with Gasteiger partial charge in [0, 0.05) is 11.9 Å². The van der Waals surface area contributed by atoms with Crippen LogP contribution in [0, 0.1) is 0 Å². The largest absolute Gasteiger partial charge is 0.465 e. The smallest absolute Gasteiger partial charge is 0.325 e. The molecule has 0 aliphatic carbocycles. The van der Waals surface area contributed by atoms with E-state index < -0.39 is 0 Å². The monoisotopic (exact) mass is 338 g/mol. The number of amides is 1. The van der Waals surface area contributed by atoms with E-state index in [0.29, 0.717) is 13.2 Å². The van der Waals surface area contributed by atoms with Gasteiger partial charge in [-0.25, -0.2) is 4.98 Å². The van der Waals surface area contributed by atoms with E-state index in [0.717, 1.165) is 15.6 Å². The molecule has 0 atom stereocenters. The lowest BCUT2D eigenvalue weighted by Crippen LogP contribution is -2.37. The fraction of sp³-hybridized carbons (Fsp3) is 0.400. The number of ether oxygens (including phenoxy) is 1. The van der Waals surface area contributed by atoms with Crippen LogP contribution in [0.15, 0.2) is 22.9 Å². The van der Waals surface area contributed by atoms with E-state index in [2.05, 4.69) is 4.98 Å². The van der Waals surface area contributed by atoms with Crippen molar-refractivity contribution in [2.75, 3.05) is 19.7 Å². The fourth-order valence-corrected chi connectivity index (χ4v) is 3.54. The maximum atomic E-state index is 12.3. The van der Waals surface area contributed by atoms with Gasteiger partial charge in [0.05, 0.1) is 23.6 Å². The first-order chi connectivity index (χ1) is 10.6. The summed E-state index contributed by atoms with van der Waals surface area (Å²) in [6.45, 7) is 4.37. The number of hydrogen-bond acceptors (Lipinski definition) is 6. The fourth-order valence-electron chi connectivity index (χ4n) is 1.91. The molecule has 0 fully saturated rings. The van der Waals surface area contributed by atoms with Crippen molar-refractivity contribution in [3.8, 4) is 9.88 Å². The Hall–Kier alpha value is -1.73. The van der Waals surface area contributed by atoms with Crippen molar-refractivity contribution < 1.29 is 14.3 Å². The van der Waals surface area contributed by atoms with Crippen LogP contribution in [0.1, 0.15) is 19.5 Å². The number of carbonyl (C=O) groups excluding carboxylic acids is 2. The molecule has 0 aromatic carbocycles. The standard InChI is InChI=1S/C15H18N2O3S2/c1-3-17(9-14(19)20-4-2)13(18)8-11-10-22-15(16-11)12-6-5-7-21-12/h5-7,10H,3-4,8-9H2,1-2H3. The summed E-state index contributed by atoms with van der Waals surface area (Å²) >= 11 is 3.15. The molecule has 0 aliphatic rings. The highest BCUT2D eigenvalue weighted by Gasteiger charge is 2.18. The maximum Gasteiger partial charge on any atom is 0.325 e. The lowest BCUT2D eigenvalue weighted by molar-refractivity contribution is -0.148. The number of nitrogens with zero attached hydrogens (tertiary/aromatic N) is 2. The summed E-state index contributed by atoms with van der Waals surface area (Å²) in [6, 6.07) is 3.98. The van der Waals surface area contributed by atoms with Crippen LogP contribution in [-0.4, -0.2) is 41.5 Å². The first-order valence-electron chi connectivity index (χ1n) is 7.05. The molecule has 0 saturated heterocycles. The molecule has 0 bridgehead atoms. The Morgan fingerprint density at radius 1 is 1.32 bits per heavy atom. The second-order valence-corrected chi connectivity index (χ2v) is 6.32. The van der Waals surface area contributed by atoms with E-state index in [-0.39, 0.29) is 24.8 Å². The molecule has 2 aromatic heterocycles. The molecule has 7 heteroatoms. The lowest BCUT2D eigenvalue weighted by Gasteiger charge is -2.19. The van der Waals surface area contributed by atoms with Crippen LogP contribution in [0.3, 0.4) is 0 Å². The topological polar surface area (TPSA) is 59.5 Å². The zero-order chi connectivity index (χ0) is 15.9. The number of carbonyl (C=O) groups is 2. The Balaban J connectivity index is 1.97. The molecule has 1 amide bonds. The van der Waals surface area contributed by atoms with Crippen molar-refractivity contribution in [2.24, 2.45) is 0 Å². The summed E-state index contributed by atoms with van der Waals surface area (Å²) in [5.74, 6) is -0.492. The Morgan fingerprint density at radius 2 is 2.14 bits per heavy atom. The van der Waals surface area contributed by atoms with Crippen LogP contribution in [0.2, 0.25) is 0 Å². The third-order valence-corrected chi connectivity index (χ3v) is 4.91. The van der Waals surface area contributed by atoms with E-state index >= 15 is 0 Å². The van der Waals surface area contributed by atoms with Crippen LogP contribution in [0.5, 0.6) is 0 Å². The molecule has 118 valence electrons. The first kappa shape index (κ1) is 16.6. The van der Waals surface area contributed by atoms with Crippen molar-refractivity contribution >= 4 is 34.6 Å². The molecule has 22 heavy (non-hydrogen) atoms. The van der Waals surface area contributed by atoms with Gasteiger partial charge < -0.3 is 9.64 Å². The highest BCUT2D eigenvalue weighted by molar-refractivity contribution is 7.20. The Labute approximate surface area is 137 Å². The zero-order valence-corrected chi connectivity index (χ0v) is 14.2. The van der Waals surface area contributed by atoms with Gasteiger partial charge in [0.15, 0.2) is 0 Å². The average molecular weight is 338 g/mol. The zero-order valence-electron chi connectivity index (χ0n) is 12.6. The molecular weight excluding hydrogens is 320 g/mol. The predicted molar refractivity (Wildman–Crippen MR) is 88.0 cm³/mol. The van der Waals surface area contributed by atoms with Gasteiger partial charge >= 0.3 is 5.97 Å². The van der Waals surface area contributed by atoms with Crippen molar-refractivity contribution in [3.05, 3.63) is 28.6 Å². The van der Waals surface area contributed by atoms with Crippen LogP contribution in [0.4, 0.5) is 0 Å². The minimum absolute atomic E-state index is 0.00884. The lowest BCUT2D eigenvalue weighted by atomic mass is 10.3. The highest BCUT2D eigenvalue weighted by atomic mass is 32.1. The summed E-state index contributed by atoms with van der Waals surface area (Å²) in [6.07, 6.45) is 0.203. The van der Waals surface area contributed by atoms with E-state index in [1.165, 1.54) is 16.2 Å². The second kappa shape index (κ2) is 8.05. The number of esters is 1. The summed E-state index contributed by atoms with van der Waals surface area (Å²) in [7, 11) is 0. The van der Waals surface area contributed by atoms with Crippen molar-refractivity contribution in [2.45, 2.75) is 20.3 Å². The van der Waals surface area contributed by atoms with Gasteiger partial charge in [-0.15, -0.1) is 22.7 Å². The molecule has 2 heterocycles. The summed E-state index contributed by atoms with van der Waals surface area (Å²) in [4.78, 5) is 30.8. The summed E-state index contributed by atoms with van der Waals surface area (Å²) in [5, 5.41) is 4.82. The van der Waals surface area contributed by atoms with Gasteiger partial charge in [0.25, 0.3) is 0 Å². The Morgan fingerprint density at radius 3 is 2.77 bits per heavy atom. The van der Waals surface area contributed by atoms with Crippen molar-refractivity contribution in [1.82, 2.24) is 9.88 Å². The van der Waals surface area contributed by atoms with E-state index in [1.807, 2.05) is 29.8 Å². The third-order valence-electron chi connectivity index (χ3n) is 2.98. The number of hydrogen-bond donors (Lipinski definition) is 0. The van der Waals surface area contributed by atoms with Gasteiger partial charge in [-0.05, 0) is 25.3 Å². The molecule has 0 spiro atoms. The molecule has 2 rings (SSSR count). The minimum atomic E-state index is -0.379. The quantitative estimate of drug-likeness (QED) is 0.729. The summed E-state index contributed by atoms with van der Waals surface area (Å²) < 4.78 is 4.88. The summed E-state index contributed by atoms with van der Waals surface area (Å²) in [5.41, 5.74) is 0.737. The number of thiophene rings is 1. The minimum Gasteiger partial charge on any atom is -0.465 e. The second-order valence-electron chi connectivity index (χ2n) is 4.51. The van der Waals surface area contributed by atoms with Crippen molar-refractivity contribution in [3.63, 3.8) is 0 Å². The van der Waals surface area contributed by atoms with Crippen LogP contribution >= 0.6 is 22.7 Å². The SMILES string of the molecule is CCOC(=O)CN(CC)C(=O)Cc1csc(-c2cccs2)n1. The van der Waals surface area contributed by atoms with Gasteiger partial charge in [-0.1, -0.05) is 6.07 Å².